The fraction of sp³-hybridized carbons (Fsp3) is 0.867. The van der Waals surface area contributed by atoms with Crippen LogP contribution in [0.15, 0.2) is 11.4 Å². The van der Waals surface area contributed by atoms with Crippen molar-refractivity contribution in [3.63, 3.8) is 0 Å². The lowest BCUT2D eigenvalue weighted by molar-refractivity contribution is 0.366. The van der Waals surface area contributed by atoms with Crippen LogP contribution in [0.5, 0.6) is 0 Å². The molecule has 0 nitrogen and oxygen atoms in total. The Kier molecular flexibility index (Phi) is 18.9. The lowest BCUT2D eigenvalue weighted by Gasteiger charge is -2.25. The van der Waals surface area contributed by atoms with E-state index >= 15 is 0 Å². The molecule has 0 aromatic carbocycles. The van der Waals surface area contributed by atoms with Gasteiger partial charge in [0.2, 0.25) is 0 Å². The van der Waals surface area contributed by atoms with Gasteiger partial charge in [0.1, 0.15) is 0 Å². The molecule has 0 aromatic heterocycles. The van der Waals surface area contributed by atoms with E-state index in [1.807, 2.05) is 0 Å². The molecule has 0 aliphatic rings. The summed E-state index contributed by atoms with van der Waals surface area (Å²) in [5.41, 5.74) is -0.363. The molecule has 28 heavy (non-hydrogen) atoms. The summed E-state index contributed by atoms with van der Waals surface area (Å²) in [4.78, 5) is 0. The van der Waals surface area contributed by atoms with Gasteiger partial charge in [0, 0.05) is 0 Å². The van der Waals surface area contributed by atoms with E-state index in [1.54, 1.807) is 0 Å². The molecule has 0 aromatic rings. The lowest BCUT2D eigenvalue weighted by Crippen LogP contribution is -2.10. The molecule has 0 saturated carbocycles. The van der Waals surface area contributed by atoms with Gasteiger partial charge in [-0.25, -0.2) is 4.39 Å². The standard InChI is InChI=1S/C15H30F2P.2BF4/c1-5-8-11-18(12-9-6-2,13-10-7-3)15(17)14(4)16;2*2-1(3,4)5/h5-13H2,1-4H3;;/q+1;2*-1/b15-14-;;. The van der Waals surface area contributed by atoms with Gasteiger partial charge in [-0.15, -0.1) is 0 Å². The van der Waals surface area contributed by atoms with Gasteiger partial charge < -0.3 is 34.5 Å². The largest absolute Gasteiger partial charge is 0.673 e. The Labute approximate surface area is 162 Å². The first-order valence-corrected chi connectivity index (χ1v) is 11.5. The highest BCUT2D eigenvalue weighted by Crippen LogP contribution is 2.68. The van der Waals surface area contributed by atoms with E-state index in [9.17, 15) is 43.3 Å². The molecule has 0 aliphatic carbocycles. The summed E-state index contributed by atoms with van der Waals surface area (Å²) < 4.78 is 106. The summed E-state index contributed by atoms with van der Waals surface area (Å²) >= 11 is 0. The van der Waals surface area contributed by atoms with Crippen molar-refractivity contribution in [2.45, 2.75) is 66.2 Å². The molecule has 0 N–H and O–H groups in total. The smallest absolute Gasteiger partial charge is 0.418 e. The van der Waals surface area contributed by atoms with Crippen LogP contribution in [0, 0.1) is 0 Å². The normalized spacial score (nSPS) is 13.1. The van der Waals surface area contributed by atoms with E-state index in [4.69, 9.17) is 0 Å². The highest BCUT2D eigenvalue weighted by Gasteiger charge is 2.43. The van der Waals surface area contributed by atoms with E-state index in [1.165, 1.54) is 6.92 Å². The summed E-state index contributed by atoms with van der Waals surface area (Å²) in [5.74, 6) is -0.563. The number of hydrogen-bond donors (Lipinski definition) is 0. The highest BCUT2D eigenvalue weighted by molar-refractivity contribution is 7.79. The third kappa shape index (κ3) is 25.6. The minimum absolute atomic E-state index is 0.363. The zero-order valence-corrected chi connectivity index (χ0v) is 17.6. The molecule has 0 unspecified atom stereocenters. The van der Waals surface area contributed by atoms with Gasteiger partial charge in [0.05, 0.1) is 25.7 Å². The monoisotopic (exact) mass is 453 g/mol. The molecular weight excluding hydrogens is 423 g/mol. The molecule has 0 aliphatic heterocycles. The van der Waals surface area contributed by atoms with Gasteiger partial charge >= 0.3 is 14.5 Å². The van der Waals surface area contributed by atoms with Crippen molar-refractivity contribution in [3.8, 4) is 0 Å². The fourth-order valence-corrected chi connectivity index (χ4v) is 7.02. The van der Waals surface area contributed by atoms with Crippen LogP contribution in [0.4, 0.5) is 43.3 Å². The van der Waals surface area contributed by atoms with Crippen molar-refractivity contribution in [3.05, 3.63) is 11.4 Å². The predicted octanol–water partition coefficient (Wildman–Crippen LogP) is 9.13. The molecule has 0 bridgehead atoms. The van der Waals surface area contributed by atoms with Gasteiger partial charge in [-0.3, -0.25) is 0 Å². The molecule has 0 rings (SSSR count). The van der Waals surface area contributed by atoms with Crippen LogP contribution in [0.2, 0.25) is 0 Å². The molecule has 13 heteroatoms. The summed E-state index contributed by atoms with van der Waals surface area (Å²) in [5, 5.41) is 0. The topological polar surface area (TPSA) is 0 Å². The van der Waals surface area contributed by atoms with Crippen molar-refractivity contribution in [1.29, 1.82) is 0 Å². The minimum atomic E-state index is -6.00. The Morgan fingerprint density at radius 3 is 0.964 bits per heavy atom. The molecule has 0 atom stereocenters. The van der Waals surface area contributed by atoms with Crippen molar-refractivity contribution in [2.24, 2.45) is 0 Å². The molecule has 0 amide bonds. The Hall–Kier alpha value is -0.400. The predicted molar refractivity (Wildman–Crippen MR) is 102 cm³/mol. The van der Waals surface area contributed by atoms with Gasteiger partial charge in [0.25, 0.3) is 5.57 Å². The maximum atomic E-state index is 14.4. The van der Waals surface area contributed by atoms with Crippen molar-refractivity contribution in [2.75, 3.05) is 18.5 Å². The Balaban J connectivity index is -0.000000512. The van der Waals surface area contributed by atoms with Crippen LogP contribution >= 0.6 is 7.26 Å². The third-order valence-corrected chi connectivity index (χ3v) is 8.18. The van der Waals surface area contributed by atoms with E-state index in [-0.39, 0.29) is 5.57 Å². The third-order valence-electron chi connectivity index (χ3n) is 3.52. The maximum absolute atomic E-state index is 14.4. The summed E-state index contributed by atoms with van der Waals surface area (Å²) in [6, 6.07) is 0. The Bertz CT molecular complexity index is 361. The number of rotatable bonds is 10. The molecule has 0 spiro atoms. The molecule has 172 valence electrons. The van der Waals surface area contributed by atoms with Gasteiger partial charge in [-0.2, -0.15) is 4.39 Å². The van der Waals surface area contributed by atoms with Crippen molar-refractivity contribution >= 4 is 21.8 Å². The fourth-order valence-electron chi connectivity index (χ4n) is 2.34. The second-order valence-corrected chi connectivity index (χ2v) is 10.2. The molecule has 0 radical (unpaired) electrons. The quantitative estimate of drug-likeness (QED) is 0.176. The summed E-state index contributed by atoms with van der Waals surface area (Å²) in [6.45, 7) is 7.66. The maximum Gasteiger partial charge on any atom is 0.673 e. The summed E-state index contributed by atoms with van der Waals surface area (Å²) in [7, 11) is -13.9. The van der Waals surface area contributed by atoms with Crippen molar-refractivity contribution < 1.29 is 43.3 Å². The van der Waals surface area contributed by atoms with Crippen LogP contribution < -0.4 is 0 Å². The molecular formula is C15H30B2F10P-. The molecule has 0 fully saturated rings. The van der Waals surface area contributed by atoms with Crippen LogP contribution in [-0.2, 0) is 0 Å². The first-order valence-electron chi connectivity index (χ1n) is 9.17. The average molecular weight is 453 g/mol. The van der Waals surface area contributed by atoms with E-state index < -0.39 is 27.6 Å². The zero-order chi connectivity index (χ0) is 23.0. The molecule has 0 heterocycles. The number of halogens is 10. The SMILES string of the molecule is CCCC[P+](CCCC)(CCCC)/C(F)=C(/C)F.F[B-](F)(F)F.F[B-](F)(F)F. The van der Waals surface area contributed by atoms with Crippen LogP contribution in [0.3, 0.4) is 0 Å². The first-order chi connectivity index (χ1) is 12.5. The van der Waals surface area contributed by atoms with E-state index in [2.05, 4.69) is 20.8 Å². The average Bonchev–Trinajstić information content (AvgIpc) is 2.50. The number of hydrogen-bond acceptors (Lipinski definition) is 0. The van der Waals surface area contributed by atoms with Crippen LogP contribution in [-0.4, -0.2) is 33.0 Å². The summed E-state index contributed by atoms with van der Waals surface area (Å²) in [6.07, 6.45) is 8.99. The first kappa shape index (κ1) is 32.3. The number of allylic oxidation sites excluding steroid dienone is 1. The van der Waals surface area contributed by atoms with Crippen LogP contribution in [0.1, 0.15) is 66.2 Å². The highest BCUT2D eigenvalue weighted by atomic mass is 31.2. The molecule has 0 saturated heterocycles. The van der Waals surface area contributed by atoms with E-state index in [0.29, 0.717) is 0 Å². The van der Waals surface area contributed by atoms with Gasteiger partial charge in [-0.05, 0) is 26.2 Å². The Morgan fingerprint density at radius 1 is 0.607 bits per heavy atom. The Morgan fingerprint density at radius 2 is 0.821 bits per heavy atom. The van der Waals surface area contributed by atoms with Gasteiger partial charge in [-0.1, -0.05) is 40.0 Å². The van der Waals surface area contributed by atoms with Crippen molar-refractivity contribution in [1.82, 2.24) is 0 Å². The lowest BCUT2D eigenvalue weighted by atomic mass is 10.3. The second kappa shape index (κ2) is 16.4. The number of unbranched alkanes of at least 4 members (excludes halogenated alkanes) is 3. The minimum Gasteiger partial charge on any atom is -0.418 e. The second-order valence-electron chi connectivity index (χ2n) is 6.19. The van der Waals surface area contributed by atoms with E-state index in [0.717, 1.165) is 57.0 Å². The zero-order valence-electron chi connectivity index (χ0n) is 16.7. The van der Waals surface area contributed by atoms with Gasteiger partial charge in [0.15, 0.2) is 5.83 Å². The van der Waals surface area contributed by atoms with Crippen LogP contribution in [0.25, 0.3) is 0 Å².